The zero-order valence-electron chi connectivity index (χ0n) is 13.1. The van der Waals surface area contributed by atoms with E-state index < -0.39 is 11.9 Å². The Morgan fingerprint density at radius 3 is 2.38 bits per heavy atom. The van der Waals surface area contributed by atoms with Gasteiger partial charge in [0.05, 0.1) is 5.56 Å². The van der Waals surface area contributed by atoms with Crippen molar-refractivity contribution in [3.8, 4) is 0 Å². The number of pyridine rings is 1. The number of hydrogen-bond acceptors (Lipinski definition) is 3. The van der Waals surface area contributed by atoms with Crippen LogP contribution in [0.2, 0.25) is 0 Å². The molecule has 1 aromatic heterocycles. The minimum absolute atomic E-state index is 0.152. The SMILES string of the molecule is O=C(c1ccc(C(F)(F)F)nc1)N1CCC(N2CCCC2=O)CC1. The number of piperidine rings is 1. The van der Waals surface area contributed by atoms with Gasteiger partial charge in [-0.25, -0.2) is 0 Å². The molecule has 0 saturated carbocycles. The van der Waals surface area contributed by atoms with Crippen LogP contribution >= 0.6 is 0 Å². The number of halogens is 3. The largest absolute Gasteiger partial charge is 0.433 e. The average Bonchev–Trinajstić information content (AvgIpc) is 3.00. The van der Waals surface area contributed by atoms with Crippen molar-refractivity contribution in [2.45, 2.75) is 37.9 Å². The Morgan fingerprint density at radius 1 is 1.17 bits per heavy atom. The molecule has 2 aliphatic heterocycles. The molecule has 0 radical (unpaired) electrons. The number of alkyl halides is 3. The summed E-state index contributed by atoms with van der Waals surface area (Å²) in [7, 11) is 0. The maximum atomic E-state index is 12.5. The van der Waals surface area contributed by atoms with E-state index in [1.165, 1.54) is 0 Å². The molecule has 1 aromatic rings. The lowest BCUT2D eigenvalue weighted by Crippen LogP contribution is -2.47. The molecule has 2 aliphatic rings. The Kier molecular flexibility index (Phi) is 4.47. The normalized spacial score (nSPS) is 19.9. The van der Waals surface area contributed by atoms with Crippen LogP contribution in [-0.4, -0.2) is 52.3 Å². The van der Waals surface area contributed by atoms with E-state index in [1.54, 1.807) is 4.90 Å². The molecule has 130 valence electrons. The van der Waals surface area contributed by atoms with Gasteiger partial charge in [-0.15, -0.1) is 0 Å². The van der Waals surface area contributed by atoms with Crippen LogP contribution < -0.4 is 0 Å². The number of nitrogens with zero attached hydrogens (tertiary/aromatic N) is 3. The van der Waals surface area contributed by atoms with Crippen molar-refractivity contribution in [3.63, 3.8) is 0 Å². The molecule has 5 nitrogen and oxygen atoms in total. The summed E-state index contributed by atoms with van der Waals surface area (Å²) in [5, 5.41) is 0. The van der Waals surface area contributed by atoms with Gasteiger partial charge in [-0.3, -0.25) is 14.6 Å². The van der Waals surface area contributed by atoms with Gasteiger partial charge in [0.2, 0.25) is 5.91 Å². The summed E-state index contributed by atoms with van der Waals surface area (Å²) in [5.41, 5.74) is -0.857. The standard InChI is InChI=1S/C16H18F3N3O2/c17-16(18,19)13-4-3-11(10-20-13)15(24)21-8-5-12(6-9-21)22-7-1-2-14(22)23/h3-4,10,12H,1-2,5-9H2. The van der Waals surface area contributed by atoms with Gasteiger partial charge >= 0.3 is 6.18 Å². The van der Waals surface area contributed by atoms with Crippen LogP contribution in [0.3, 0.4) is 0 Å². The number of rotatable bonds is 2. The number of amides is 2. The van der Waals surface area contributed by atoms with Gasteiger partial charge in [0.1, 0.15) is 5.69 Å². The number of carbonyl (C=O) groups excluding carboxylic acids is 2. The summed E-state index contributed by atoms with van der Waals surface area (Å²) in [6, 6.07) is 2.15. The fourth-order valence-electron chi connectivity index (χ4n) is 3.31. The second kappa shape index (κ2) is 6.41. The van der Waals surface area contributed by atoms with Crippen molar-refractivity contribution in [3.05, 3.63) is 29.6 Å². The molecule has 8 heteroatoms. The summed E-state index contributed by atoms with van der Waals surface area (Å²) in [6.07, 6.45) is -0.661. The highest BCUT2D eigenvalue weighted by Gasteiger charge is 2.34. The second-order valence-corrected chi connectivity index (χ2v) is 6.14. The Hall–Kier alpha value is -2.12. The molecule has 0 bridgehead atoms. The van der Waals surface area contributed by atoms with Crippen LogP contribution in [0.4, 0.5) is 13.2 Å². The third-order valence-corrected chi connectivity index (χ3v) is 4.60. The van der Waals surface area contributed by atoms with E-state index in [0.717, 1.165) is 31.3 Å². The average molecular weight is 341 g/mol. The molecule has 3 rings (SSSR count). The lowest BCUT2D eigenvalue weighted by Gasteiger charge is -2.36. The van der Waals surface area contributed by atoms with Gasteiger partial charge in [0.25, 0.3) is 5.91 Å². The van der Waals surface area contributed by atoms with Crippen molar-refractivity contribution in [2.75, 3.05) is 19.6 Å². The van der Waals surface area contributed by atoms with E-state index in [1.807, 2.05) is 4.90 Å². The predicted octanol–water partition coefficient (Wildman–Crippen LogP) is 2.33. The molecule has 2 amide bonds. The molecule has 2 saturated heterocycles. The van der Waals surface area contributed by atoms with Crippen molar-refractivity contribution in [2.24, 2.45) is 0 Å². The maximum Gasteiger partial charge on any atom is 0.433 e. The molecular formula is C16H18F3N3O2. The fourth-order valence-corrected chi connectivity index (χ4v) is 3.31. The van der Waals surface area contributed by atoms with Crippen molar-refractivity contribution < 1.29 is 22.8 Å². The van der Waals surface area contributed by atoms with Gasteiger partial charge < -0.3 is 9.80 Å². The first-order valence-corrected chi connectivity index (χ1v) is 7.98. The van der Waals surface area contributed by atoms with Crippen LogP contribution in [0.1, 0.15) is 41.7 Å². The Labute approximate surface area is 137 Å². The molecule has 0 aromatic carbocycles. The summed E-state index contributed by atoms with van der Waals surface area (Å²) in [4.78, 5) is 31.0. The Morgan fingerprint density at radius 2 is 1.88 bits per heavy atom. The molecule has 3 heterocycles. The highest BCUT2D eigenvalue weighted by atomic mass is 19.4. The monoisotopic (exact) mass is 341 g/mol. The number of likely N-dealkylation sites (tertiary alicyclic amines) is 2. The summed E-state index contributed by atoms with van der Waals surface area (Å²) >= 11 is 0. The van der Waals surface area contributed by atoms with Crippen LogP contribution in [0.25, 0.3) is 0 Å². The minimum atomic E-state index is -4.51. The van der Waals surface area contributed by atoms with E-state index in [2.05, 4.69) is 4.98 Å². The third-order valence-electron chi connectivity index (χ3n) is 4.60. The lowest BCUT2D eigenvalue weighted by atomic mass is 10.0. The molecule has 0 unspecified atom stereocenters. The highest BCUT2D eigenvalue weighted by molar-refractivity contribution is 5.94. The first-order chi connectivity index (χ1) is 11.4. The molecule has 0 spiro atoms. The highest BCUT2D eigenvalue weighted by Crippen LogP contribution is 2.28. The van der Waals surface area contributed by atoms with Crippen LogP contribution in [-0.2, 0) is 11.0 Å². The zero-order chi connectivity index (χ0) is 17.3. The zero-order valence-corrected chi connectivity index (χ0v) is 13.1. The second-order valence-electron chi connectivity index (χ2n) is 6.14. The minimum Gasteiger partial charge on any atom is -0.340 e. The van der Waals surface area contributed by atoms with E-state index >= 15 is 0 Å². The van der Waals surface area contributed by atoms with Crippen molar-refractivity contribution in [1.29, 1.82) is 0 Å². The van der Waals surface area contributed by atoms with Gasteiger partial charge in [-0.05, 0) is 31.4 Å². The van der Waals surface area contributed by atoms with E-state index in [0.29, 0.717) is 32.4 Å². The first kappa shape index (κ1) is 16.7. The summed E-state index contributed by atoms with van der Waals surface area (Å²) < 4.78 is 37.5. The van der Waals surface area contributed by atoms with Crippen LogP contribution in [0.15, 0.2) is 18.3 Å². The summed E-state index contributed by atoms with van der Waals surface area (Å²) in [5.74, 6) is -0.144. The summed E-state index contributed by atoms with van der Waals surface area (Å²) in [6.45, 7) is 1.77. The first-order valence-electron chi connectivity index (χ1n) is 7.98. The van der Waals surface area contributed by atoms with E-state index in [9.17, 15) is 22.8 Å². The predicted molar refractivity (Wildman–Crippen MR) is 79.1 cm³/mol. The smallest absolute Gasteiger partial charge is 0.340 e. The van der Waals surface area contributed by atoms with Gasteiger partial charge in [0, 0.05) is 38.3 Å². The van der Waals surface area contributed by atoms with Gasteiger partial charge in [-0.1, -0.05) is 0 Å². The third kappa shape index (κ3) is 3.37. The number of carbonyl (C=O) groups is 2. The van der Waals surface area contributed by atoms with Crippen molar-refractivity contribution in [1.82, 2.24) is 14.8 Å². The Balaban J connectivity index is 1.60. The van der Waals surface area contributed by atoms with Crippen LogP contribution in [0.5, 0.6) is 0 Å². The lowest BCUT2D eigenvalue weighted by molar-refractivity contribution is -0.141. The quantitative estimate of drug-likeness (QED) is 0.830. The fraction of sp³-hybridized carbons (Fsp3) is 0.562. The molecule has 0 atom stereocenters. The number of aromatic nitrogens is 1. The molecular weight excluding hydrogens is 323 g/mol. The van der Waals surface area contributed by atoms with E-state index in [-0.39, 0.29) is 23.4 Å². The van der Waals surface area contributed by atoms with Gasteiger partial charge in [0.15, 0.2) is 0 Å². The maximum absolute atomic E-state index is 12.5. The molecule has 0 aliphatic carbocycles. The van der Waals surface area contributed by atoms with Gasteiger partial charge in [-0.2, -0.15) is 13.2 Å². The van der Waals surface area contributed by atoms with E-state index in [4.69, 9.17) is 0 Å². The molecule has 0 N–H and O–H groups in total. The Bertz CT molecular complexity index is 622. The molecule has 24 heavy (non-hydrogen) atoms. The van der Waals surface area contributed by atoms with Crippen molar-refractivity contribution >= 4 is 11.8 Å². The molecule has 2 fully saturated rings. The number of hydrogen-bond donors (Lipinski definition) is 0. The van der Waals surface area contributed by atoms with Crippen LogP contribution in [0, 0.1) is 0 Å². The topological polar surface area (TPSA) is 53.5 Å².